The second-order valence-corrected chi connectivity index (χ2v) is 3.45. The smallest absolute Gasteiger partial charge is 0.0261 e. The zero-order valence-corrected chi connectivity index (χ0v) is 8.77. The SMILES string of the molecule is C#Cc1cc(C#C)cc(-c2ccccc2)c1. The molecule has 0 heterocycles. The number of hydrogen-bond acceptors (Lipinski definition) is 0. The van der Waals surface area contributed by atoms with Crippen LogP contribution in [0.2, 0.25) is 0 Å². The third kappa shape index (κ3) is 1.97. The van der Waals surface area contributed by atoms with Gasteiger partial charge in [-0.1, -0.05) is 42.2 Å². The van der Waals surface area contributed by atoms with Crippen molar-refractivity contribution in [3.8, 4) is 35.8 Å². The lowest BCUT2D eigenvalue weighted by Gasteiger charge is -2.03. The fourth-order valence-electron chi connectivity index (χ4n) is 1.59. The van der Waals surface area contributed by atoms with E-state index in [2.05, 4.69) is 11.8 Å². The predicted molar refractivity (Wildman–Crippen MR) is 67.7 cm³/mol. The topological polar surface area (TPSA) is 0 Å². The first kappa shape index (κ1) is 10.1. The third-order valence-electron chi connectivity index (χ3n) is 2.37. The molecule has 0 spiro atoms. The van der Waals surface area contributed by atoms with Crippen molar-refractivity contribution in [1.82, 2.24) is 0 Å². The summed E-state index contributed by atoms with van der Waals surface area (Å²) in [5.41, 5.74) is 3.81. The summed E-state index contributed by atoms with van der Waals surface area (Å²) in [6, 6.07) is 15.8. The third-order valence-corrected chi connectivity index (χ3v) is 2.37. The summed E-state index contributed by atoms with van der Waals surface area (Å²) >= 11 is 0. The first-order valence-electron chi connectivity index (χ1n) is 4.97. The first-order chi connectivity index (χ1) is 7.83. The van der Waals surface area contributed by atoms with Crippen molar-refractivity contribution < 1.29 is 0 Å². The molecule has 0 amide bonds. The summed E-state index contributed by atoms with van der Waals surface area (Å²) in [6.45, 7) is 0. The standard InChI is InChI=1S/C16H10/c1-3-13-10-14(4-2)12-16(11-13)15-8-6-5-7-9-15/h1-2,5-12H. The van der Waals surface area contributed by atoms with Crippen molar-refractivity contribution in [3.05, 3.63) is 59.7 Å². The zero-order valence-electron chi connectivity index (χ0n) is 8.77. The van der Waals surface area contributed by atoms with Crippen LogP contribution < -0.4 is 0 Å². The monoisotopic (exact) mass is 202 g/mol. The molecule has 0 atom stereocenters. The molecule has 0 aliphatic carbocycles. The molecule has 2 aromatic carbocycles. The maximum Gasteiger partial charge on any atom is 0.0261 e. The fourth-order valence-corrected chi connectivity index (χ4v) is 1.59. The average Bonchev–Trinajstić information content (AvgIpc) is 2.39. The Bertz CT molecular complexity index is 545. The zero-order chi connectivity index (χ0) is 11.4. The number of hydrogen-bond donors (Lipinski definition) is 0. The highest BCUT2D eigenvalue weighted by atomic mass is 14.0. The van der Waals surface area contributed by atoms with Crippen LogP contribution >= 0.6 is 0 Å². The van der Waals surface area contributed by atoms with Gasteiger partial charge in [-0.05, 0) is 29.3 Å². The molecule has 16 heavy (non-hydrogen) atoms. The highest BCUT2D eigenvalue weighted by molar-refractivity contribution is 5.67. The molecule has 74 valence electrons. The van der Waals surface area contributed by atoms with Gasteiger partial charge < -0.3 is 0 Å². The van der Waals surface area contributed by atoms with Gasteiger partial charge in [0.25, 0.3) is 0 Å². The molecule has 0 saturated carbocycles. The molecular formula is C16H10. The van der Waals surface area contributed by atoms with Crippen molar-refractivity contribution in [2.24, 2.45) is 0 Å². The van der Waals surface area contributed by atoms with E-state index in [9.17, 15) is 0 Å². The van der Waals surface area contributed by atoms with Gasteiger partial charge in [-0.3, -0.25) is 0 Å². The second kappa shape index (κ2) is 4.39. The van der Waals surface area contributed by atoms with Gasteiger partial charge in [0.15, 0.2) is 0 Å². The van der Waals surface area contributed by atoms with Crippen molar-refractivity contribution in [3.63, 3.8) is 0 Å². The van der Waals surface area contributed by atoms with Crippen LogP contribution in [0.15, 0.2) is 48.5 Å². The molecule has 0 aliphatic rings. The minimum absolute atomic E-state index is 0.814. The molecule has 0 aliphatic heterocycles. The van der Waals surface area contributed by atoms with Crippen molar-refractivity contribution in [1.29, 1.82) is 0 Å². The van der Waals surface area contributed by atoms with E-state index >= 15 is 0 Å². The van der Waals surface area contributed by atoms with E-state index in [1.54, 1.807) is 0 Å². The van der Waals surface area contributed by atoms with Crippen molar-refractivity contribution in [2.75, 3.05) is 0 Å². The van der Waals surface area contributed by atoms with Crippen LogP contribution in [0.4, 0.5) is 0 Å². The molecular weight excluding hydrogens is 192 g/mol. The van der Waals surface area contributed by atoms with Gasteiger partial charge >= 0.3 is 0 Å². The summed E-state index contributed by atoms with van der Waals surface area (Å²) in [5, 5.41) is 0. The molecule has 0 nitrogen and oxygen atoms in total. The van der Waals surface area contributed by atoms with Crippen LogP contribution in [0.5, 0.6) is 0 Å². The summed E-state index contributed by atoms with van der Waals surface area (Å²) in [5.74, 6) is 5.23. The quantitative estimate of drug-likeness (QED) is 0.622. The van der Waals surface area contributed by atoms with Crippen LogP contribution in [0.25, 0.3) is 11.1 Å². The Morgan fingerprint density at radius 3 is 1.75 bits per heavy atom. The molecule has 0 fully saturated rings. The lowest BCUT2D eigenvalue weighted by Crippen LogP contribution is -1.83. The predicted octanol–water partition coefficient (Wildman–Crippen LogP) is 3.32. The van der Waals surface area contributed by atoms with E-state index in [-0.39, 0.29) is 0 Å². The second-order valence-electron chi connectivity index (χ2n) is 3.45. The summed E-state index contributed by atoms with van der Waals surface area (Å²) in [6.07, 6.45) is 10.8. The van der Waals surface area contributed by atoms with E-state index in [1.165, 1.54) is 0 Å². The lowest BCUT2D eigenvalue weighted by molar-refractivity contribution is 1.56. The maximum absolute atomic E-state index is 5.40. The summed E-state index contributed by atoms with van der Waals surface area (Å²) < 4.78 is 0. The fraction of sp³-hybridized carbons (Fsp3) is 0. The molecule has 0 saturated heterocycles. The summed E-state index contributed by atoms with van der Waals surface area (Å²) in [4.78, 5) is 0. The first-order valence-corrected chi connectivity index (χ1v) is 4.97. The molecule has 2 rings (SSSR count). The molecule has 0 aromatic heterocycles. The van der Waals surface area contributed by atoms with Gasteiger partial charge in [0.05, 0.1) is 0 Å². The van der Waals surface area contributed by atoms with Crippen LogP contribution in [-0.4, -0.2) is 0 Å². The largest absolute Gasteiger partial charge is 0.115 e. The van der Waals surface area contributed by atoms with Gasteiger partial charge in [0, 0.05) is 11.1 Å². The van der Waals surface area contributed by atoms with Gasteiger partial charge in [-0.15, -0.1) is 12.8 Å². The Balaban J connectivity index is 2.59. The summed E-state index contributed by atoms with van der Waals surface area (Å²) in [7, 11) is 0. The van der Waals surface area contributed by atoms with E-state index in [0.29, 0.717) is 0 Å². The Morgan fingerprint density at radius 2 is 1.25 bits per heavy atom. The van der Waals surface area contributed by atoms with Crippen LogP contribution in [0.3, 0.4) is 0 Å². The Kier molecular flexibility index (Phi) is 2.77. The van der Waals surface area contributed by atoms with Gasteiger partial charge in [0.1, 0.15) is 0 Å². The van der Waals surface area contributed by atoms with E-state index in [1.807, 2.05) is 48.5 Å². The molecule has 0 N–H and O–H groups in total. The highest BCUT2D eigenvalue weighted by Crippen LogP contribution is 2.21. The van der Waals surface area contributed by atoms with Gasteiger partial charge in [-0.2, -0.15) is 0 Å². The number of terminal acetylenes is 2. The Hall–Kier alpha value is -2.44. The van der Waals surface area contributed by atoms with Gasteiger partial charge in [0.2, 0.25) is 0 Å². The lowest BCUT2D eigenvalue weighted by atomic mass is 10.0. The Morgan fingerprint density at radius 1 is 0.688 bits per heavy atom. The molecule has 2 aromatic rings. The molecule has 0 heteroatoms. The minimum Gasteiger partial charge on any atom is -0.115 e. The molecule has 0 bridgehead atoms. The molecule has 0 unspecified atom stereocenters. The van der Waals surface area contributed by atoms with Crippen molar-refractivity contribution in [2.45, 2.75) is 0 Å². The number of rotatable bonds is 1. The van der Waals surface area contributed by atoms with Crippen molar-refractivity contribution >= 4 is 0 Å². The Labute approximate surface area is 95.9 Å². The van der Waals surface area contributed by atoms with Crippen LogP contribution in [0, 0.1) is 24.7 Å². The van der Waals surface area contributed by atoms with E-state index in [0.717, 1.165) is 22.3 Å². The minimum atomic E-state index is 0.814. The van der Waals surface area contributed by atoms with Crippen LogP contribution in [-0.2, 0) is 0 Å². The highest BCUT2D eigenvalue weighted by Gasteiger charge is 2.00. The average molecular weight is 202 g/mol. The maximum atomic E-state index is 5.40. The van der Waals surface area contributed by atoms with Crippen LogP contribution in [0.1, 0.15) is 11.1 Å². The van der Waals surface area contributed by atoms with E-state index < -0.39 is 0 Å². The van der Waals surface area contributed by atoms with E-state index in [4.69, 9.17) is 12.8 Å². The van der Waals surface area contributed by atoms with Gasteiger partial charge in [-0.25, -0.2) is 0 Å². The molecule has 0 radical (unpaired) electrons. The number of benzene rings is 2. The normalized spacial score (nSPS) is 9.12.